The highest BCUT2D eigenvalue weighted by molar-refractivity contribution is 6.06. The second-order valence-electron chi connectivity index (χ2n) is 7.26. The SMILES string of the molecule is CC(OC(=O)c1c2c(nc3ccccc13)CCC2)C(=O)Nc1ccc(C(N)=O)cc1. The number of carbonyl (C=O) groups is 3. The van der Waals surface area contributed by atoms with Crippen molar-refractivity contribution >= 4 is 34.4 Å². The first kappa shape index (κ1) is 19.6. The number of nitrogens with two attached hydrogens (primary N) is 1. The number of benzene rings is 2. The number of esters is 1. The minimum absolute atomic E-state index is 0.339. The molecule has 4 rings (SSSR count). The van der Waals surface area contributed by atoms with Crippen molar-refractivity contribution < 1.29 is 19.1 Å². The van der Waals surface area contributed by atoms with E-state index in [1.54, 1.807) is 12.1 Å². The highest BCUT2D eigenvalue weighted by Crippen LogP contribution is 2.30. The molecule has 7 heteroatoms. The zero-order valence-corrected chi connectivity index (χ0v) is 16.5. The number of hydrogen-bond acceptors (Lipinski definition) is 5. The zero-order valence-electron chi connectivity index (χ0n) is 16.5. The van der Waals surface area contributed by atoms with Gasteiger partial charge in [0.2, 0.25) is 5.91 Å². The largest absolute Gasteiger partial charge is 0.449 e. The monoisotopic (exact) mass is 403 g/mol. The summed E-state index contributed by atoms with van der Waals surface area (Å²) in [6, 6.07) is 13.6. The number of aromatic nitrogens is 1. The number of para-hydroxylation sites is 1. The molecule has 1 unspecified atom stereocenters. The summed E-state index contributed by atoms with van der Waals surface area (Å²) >= 11 is 0. The molecule has 1 heterocycles. The smallest absolute Gasteiger partial charge is 0.339 e. The van der Waals surface area contributed by atoms with Crippen LogP contribution in [0.3, 0.4) is 0 Å². The van der Waals surface area contributed by atoms with Crippen LogP contribution >= 0.6 is 0 Å². The minimum atomic E-state index is -1.00. The van der Waals surface area contributed by atoms with Gasteiger partial charge in [-0.3, -0.25) is 14.6 Å². The van der Waals surface area contributed by atoms with Gasteiger partial charge in [0.15, 0.2) is 6.10 Å². The fraction of sp³-hybridized carbons (Fsp3) is 0.217. The fourth-order valence-electron chi connectivity index (χ4n) is 3.68. The van der Waals surface area contributed by atoms with Gasteiger partial charge in [-0.25, -0.2) is 4.79 Å². The molecular formula is C23H21N3O4. The Balaban J connectivity index is 1.52. The van der Waals surface area contributed by atoms with E-state index in [2.05, 4.69) is 10.3 Å². The van der Waals surface area contributed by atoms with Gasteiger partial charge in [-0.2, -0.15) is 0 Å². The third-order valence-corrected chi connectivity index (χ3v) is 5.21. The number of primary amides is 1. The van der Waals surface area contributed by atoms with Crippen LogP contribution in [0.2, 0.25) is 0 Å². The molecular weight excluding hydrogens is 382 g/mol. The van der Waals surface area contributed by atoms with Crippen LogP contribution < -0.4 is 11.1 Å². The first-order valence-electron chi connectivity index (χ1n) is 9.76. The van der Waals surface area contributed by atoms with Crippen molar-refractivity contribution in [2.75, 3.05) is 5.32 Å². The van der Waals surface area contributed by atoms with E-state index in [1.165, 1.54) is 19.1 Å². The lowest BCUT2D eigenvalue weighted by atomic mass is 10.0. The maximum absolute atomic E-state index is 13.0. The minimum Gasteiger partial charge on any atom is -0.449 e. The Morgan fingerprint density at radius 2 is 1.80 bits per heavy atom. The van der Waals surface area contributed by atoms with Crippen LogP contribution in [-0.2, 0) is 22.4 Å². The van der Waals surface area contributed by atoms with E-state index in [9.17, 15) is 14.4 Å². The molecule has 0 bridgehead atoms. The summed E-state index contributed by atoms with van der Waals surface area (Å²) in [6.45, 7) is 1.52. The first-order chi connectivity index (χ1) is 14.4. The molecule has 30 heavy (non-hydrogen) atoms. The molecule has 0 fully saturated rings. The number of hydrogen-bond donors (Lipinski definition) is 2. The molecule has 2 aromatic carbocycles. The second kappa shape index (κ2) is 7.94. The molecule has 0 aliphatic heterocycles. The first-order valence-corrected chi connectivity index (χ1v) is 9.76. The number of ether oxygens (including phenoxy) is 1. The average Bonchev–Trinajstić information content (AvgIpc) is 3.20. The number of pyridine rings is 1. The van der Waals surface area contributed by atoms with Crippen LogP contribution in [0.5, 0.6) is 0 Å². The molecule has 0 saturated heterocycles. The van der Waals surface area contributed by atoms with Crippen LogP contribution in [-0.4, -0.2) is 28.9 Å². The van der Waals surface area contributed by atoms with Gasteiger partial charge in [-0.15, -0.1) is 0 Å². The Hall–Kier alpha value is -3.74. The Morgan fingerprint density at radius 3 is 2.53 bits per heavy atom. The van der Waals surface area contributed by atoms with E-state index in [1.807, 2.05) is 24.3 Å². The lowest BCUT2D eigenvalue weighted by Gasteiger charge is -2.16. The number of amides is 2. The van der Waals surface area contributed by atoms with Crippen LogP contribution in [0.25, 0.3) is 10.9 Å². The van der Waals surface area contributed by atoms with E-state index in [-0.39, 0.29) is 0 Å². The molecule has 7 nitrogen and oxygen atoms in total. The quantitative estimate of drug-likeness (QED) is 0.636. The molecule has 1 aromatic heterocycles. The highest BCUT2D eigenvalue weighted by atomic mass is 16.5. The number of fused-ring (bicyclic) bond motifs is 2. The van der Waals surface area contributed by atoms with Crippen LogP contribution in [0, 0.1) is 0 Å². The zero-order chi connectivity index (χ0) is 21.3. The van der Waals surface area contributed by atoms with Crippen molar-refractivity contribution in [1.82, 2.24) is 4.98 Å². The van der Waals surface area contributed by atoms with Gasteiger partial charge < -0.3 is 15.8 Å². The summed E-state index contributed by atoms with van der Waals surface area (Å²) < 4.78 is 5.51. The molecule has 3 aromatic rings. The van der Waals surface area contributed by atoms with Crippen molar-refractivity contribution in [3.05, 3.63) is 70.9 Å². The number of nitrogens with one attached hydrogen (secondary N) is 1. The van der Waals surface area contributed by atoms with Crippen LogP contribution in [0.1, 0.15) is 45.3 Å². The number of aryl methyl sites for hydroxylation is 1. The summed E-state index contributed by atoms with van der Waals surface area (Å²) in [5.74, 6) is -1.55. The number of nitrogens with zero attached hydrogens (tertiary/aromatic N) is 1. The normalized spacial score (nSPS) is 13.5. The molecule has 1 atom stereocenters. The van der Waals surface area contributed by atoms with Crippen molar-refractivity contribution in [3.63, 3.8) is 0 Å². The van der Waals surface area contributed by atoms with Gasteiger partial charge in [0, 0.05) is 22.3 Å². The third-order valence-electron chi connectivity index (χ3n) is 5.21. The van der Waals surface area contributed by atoms with Gasteiger partial charge in [-0.1, -0.05) is 18.2 Å². The molecule has 152 valence electrons. The standard InChI is InChI=1S/C23H21N3O4/c1-13(22(28)25-15-11-9-14(10-12-15)21(24)27)30-23(29)20-16-5-2-3-7-18(16)26-19-8-4-6-17(19)20/h2-3,5,7,9-13H,4,6,8H2,1H3,(H2,24,27)(H,25,28). The van der Waals surface area contributed by atoms with Gasteiger partial charge in [0.25, 0.3) is 5.91 Å². The molecule has 0 radical (unpaired) electrons. The second-order valence-corrected chi connectivity index (χ2v) is 7.26. The summed E-state index contributed by atoms with van der Waals surface area (Å²) in [4.78, 5) is 41.3. The Morgan fingerprint density at radius 1 is 1.07 bits per heavy atom. The van der Waals surface area contributed by atoms with E-state index >= 15 is 0 Å². The topological polar surface area (TPSA) is 111 Å². The fourth-order valence-corrected chi connectivity index (χ4v) is 3.68. The summed E-state index contributed by atoms with van der Waals surface area (Å²) in [7, 11) is 0. The molecule has 2 amide bonds. The van der Waals surface area contributed by atoms with E-state index in [0.29, 0.717) is 16.8 Å². The average molecular weight is 403 g/mol. The summed E-state index contributed by atoms with van der Waals surface area (Å²) in [5, 5.41) is 3.41. The molecule has 0 saturated carbocycles. The Labute approximate surface area is 173 Å². The predicted molar refractivity (Wildman–Crippen MR) is 112 cm³/mol. The van der Waals surface area contributed by atoms with Crippen molar-refractivity contribution in [2.45, 2.75) is 32.3 Å². The predicted octanol–water partition coefficient (Wildman–Crippen LogP) is 3.01. The lowest BCUT2D eigenvalue weighted by molar-refractivity contribution is -0.123. The van der Waals surface area contributed by atoms with E-state index in [4.69, 9.17) is 10.5 Å². The third kappa shape index (κ3) is 3.74. The van der Waals surface area contributed by atoms with Crippen molar-refractivity contribution in [3.8, 4) is 0 Å². The Kier molecular flexibility index (Phi) is 5.18. The van der Waals surface area contributed by atoms with Crippen molar-refractivity contribution in [1.29, 1.82) is 0 Å². The lowest BCUT2D eigenvalue weighted by Crippen LogP contribution is -2.30. The molecule has 0 spiro atoms. The van der Waals surface area contributed by atoms with E-state index < -0.39 is 23.9 Å². The maximum Gasteiger partial charge on any atom is 0.339 e. The summed E-state index contributed by atoms with van der Waals surface area (Å²) in [6.07, 6.45) is 1.54. The van der Waals surface area contributed by atoms with Gasteiger partial charge >= 0.3 is 5.97 Å². The number of carbonyl (C=O) groups excluding carboxylic acids is 3. The van der Waals surface area contributed by atoms with Gasteiger partial charge in [0.1, 0.15) is 0 Å². The highest BCUT2D eigenvalue weighted by Gasteiger charge is 2.27. The number of anilines is 1. The molecule has 3 N–H and O–H groups in total. The number of rotatable bonds is 5. The van der Waals surface area contributed by atoms with E-state index in [0.717, 1.165) is 41.4 Å². The molecule has 1 aliphatic rings. The van der Waals surface area contributed by atoms with Crippen LogP contribution in [0.4, 0.5) is 5.69 Å². The summed E-state index contributed by atoms with van der Waals surface area (Å²) in [5.41, 5.74) is 9.11. The van der Waals surface area contributed by atoms with Crippen molar-refractivity contribution in [2.24, 2.45) is 5.73 Å². The van der Waals surface area contributed by atoms with Gasteiger partial charge in [-0.05, 0) is 62.1 Å². The maximum atomic E-state index is 13.0. The van der Waals surface area contributed by atoms with Gasteiger partial charge in [0.05, 0.1) is 11.1 Å². The Bertz CT molecular complexity index is 1160. The molecule has 1 aliphatic carbocycles. The van der Waals surface area contributed by atoms with Crippen LogP contribution in [0.15, 0.2) is 48.5 Å².